The van der Waals surface area contributed by atoms with Gasteiger partial charge in [0.25, 0.3) is 0 Å². The molecule has 0 atom stereocenters. The van der Waals surface area contributed by atoms with E-state index in [4.69, 9.17) is 11.6 Å². The lowest BCUT2D eigenvalue weighted by atomic mass is 9.92. The van der Waals surface area contributed by atoms with E-state index in [0.29, 0.717) is 41.7 Å². The van der Waals surface area contributed by atoms with Gasteiger partial charge in [0.05, 0.1) is 9.92 Å². The van der Waals surface area contributed by atoms with Crippen LogP contribution in [0.2, 0.25) is 5.02 Å². The molecule has 8 heteroatoms. The van der Waals surface area contributed by atoms with Crippen LogP contribution >= 0.6 is 11.6 Å². The van der Waals surface area contributed by atoms with E-state index in [9.17, 15) is 13.2 Å². The highest BCUT2D eigenvalue weighted by atomic mass is 35.5. The van der Waals surface area contributed by atoms with Crippen molar-refractivity contribution in [2.24, 2.45) is 5.92 Å². The zero-order valence-electron chi connectivity index (χ0n) is 16.1. The van der Waals surface area contributed by atoms with Crippen LogP contribution in [0.15, 0.2) is 41.4 Å². The molecule has 2 aromatic rings. The second-order valence-electron chi connectivity index (χ2n) is 7.67. The molecular formula is C21H24ClN3O3S. The van der Waals surface area contributed by atoms with Gasteiger partial charge in [-0.3, -0.25) is 4.79 Å². The number of carbonyl (C=O) groups is 1. The van der Waals surface area contributed by atoms with Crippen LogP contribution in [0.1, 0.15) is 36.8 Å². The number of anilines is 1. The van der Waals surface area contributed by atoms with Gasteiger partial charge in [-0.25, -0.2) is 13.4 Å². The van der Waals surface area contributed by atoms with Gasteiger partial charge in [-0.15, -0.1) is 0 Å². The van der Waals surface area contributed by atoms with E-state index in [0.717, 1.165) is 24.8 Å². The lowest BCUT2D eigenvalue weighted by Crippen LogP contribution is -2.41. The standard InChI is InChI=1S/C21H24ClN3O3S/c22-18-6-8-20(23-14-18)24-21(26)16-9-11-25(12-10-16)29(27,28)19-7-5-15-3-1-2-4-17(15)13-19/h5-8,13-14,16H,1-4,9-12H2,(H,23,24,26). The summed E-state index contributed by atoms with van der Waals surface area (Å²) in [7, 11) is -3.53. The summed E-state index contributed by atoms with van der Waals surface area (Å²) in [6.07, 6.45) is 6.70. The first-order chi connectivity index (χ1) is 13.9. The maximum absolute atomic E-state index is 13.1. The van der Waals surface area contributed by atoms with E-state index in [1.54, 1.807) is 18.2 Å². The van der Waals surface area contributed by atoms with E-state index in [1.807, 2.05) is 12.1 Å². The van der Waals surface area contributed by atoms with E-state index in [2.05, 4.69) is 10.3 Å². The summed E-state index contributed by atoms with van der Waals surface area (Å²) in [5.41, 5.74) is 2.42. The van der Waals surface area contributed by atoms with E-state index in [1.165, 1.54) is 22.5 Å². The summed E-state index contributed by atoms with van der Waals surface area (Å²) in [6, 6.07) is 8.84. The Morgan fingerprint density at radius 2 is 1.79 bits per heavy atom. The highest BCUT2D eigenvalue weighted by molar-refractivity contribution is 7.89. The molecule has 6 nitrogen and oxygen atoms in total. The van der Waals surface area contributed by atoms with Crippen molar-refractivity contribution in [3.05, 3.63) is 52.7 Å². The molecule has 0 saturated carbocycles. The minimum absolute atomic E-state index is 0.134. The maximum atomic E-state index is 13.1. The molecule has 0 bridgehead atoms. The highest BCUT2D eigenvalue weighted by Crippen LogP contribution is 2.28. The molecule has 1 N–H and O–H groups in total. The van der Waals surface area contributed by atoms with Gasteiger partial charge in [0.15, 0.2) is 0 Å². The number of halogens is 1. The molecule has 1 aromatic carbocycles. The van der Waals surface area contributed by atoms with E-state index < -0.39 is 10.0 Å². The molecular weight excluding hydrogens is 410 g/mol. The van der Waals surface area contributed by atoms with Crippen molar-refractivity contribution < 1.29 is 13.2 Å². The average molecular weight is 434 g/mol. The Labute approximate surface area is 176 Å². The fourth-order valence-corrected chi connectivity index (χ4v) is 5.69. The third kappa shape index (κ3) is 4.47. The molecule has 2 heterocycles. The van der Waals surface area contributed by atoms with Crippen molar-refractivity contribution in [3.63, 3.8) is 0 Å². The van der Waals surface area contributed by atoms with Gasteiger partial charge in [0.1, 0.15) is 5.82 Å². The average Bonchev–Trinajstić information content (AvgIpc) is 2.75. The number of hydrogen-bond donors (Lipinski definition) is 1. The molecule has 1 fully saturated rings. The fourth-order valence-electron chi connectivity index (χ4n) is 4.06. The Morgan fingerprint density at radius 1 is 1.07 bits per heavy atom. The molecule has 4 rings (SSSR count). The summed E-state index contributed by atoms with van der Waals surface area (Å²) >= 11 is 5.81. The van der Waals surface area contributed by atoms with Crippen LogP contribution in [-0.4, -0.2) is 36.7 Å². The predicted molar refractivity (Wildman–Crippen MR) is 112 cm³/mol. The minimum Gasteiger partial charge on any atom is -0.310 e. The molecule has 29 heavy (non-hydrogen) atoms. The maximum Gasteiger partial charge on any atom is 0.243 e. The predicted octanol–water partition coefficient (Wildman–Crippen LogP) is 3.65. The third-order valence-electron chi connectivity index (χ3n) is 5.76. The van der Waals surface area contributed by atoms with Crippen molar-refractivity contribution in [3.8, 4) is 0 Å². The van der Waals surface area contributed by atoms with Crippen molar-refractivity contribution >= 4 is 33.3 Å². The molecule has 1 aromatic heterocycles. The topological polar surface area (TPSA) is 79.4 Å². The summed E-state index contributed by atoms with van der Waals surface area (Å²) in [4.78, 5) is 16.9. The van der Waals surface area contributed by atoms with Gasteiger partial charge in [-0.2, -0.15) is 4.31 Å². The fraction of sp³-hybridized carbons (Fsp3) is 0.429. The van der Waals surface area contributed by atoms with Crippen LogP contribution in [0.5, 0.6) is 0 Å². The van der Waals surface area contributed by atoms with Crippen LogP contribution < -0.4 is 5.32 Å². The number of aryl methyl sites for hydroxylation is 2. The monoisotopic (exact) mass is 433 g/mol. The molecule has 1 amide bonds. The Hall–Kier alpha value is -1.96. The van der Waals surface area contributed by atoms with Gasteiger partial charge < -0.3 is 5.32 Å². The first kappa shape index (κ1) is 20.3. The number of fused-ring (bicyclic) bond motifs is 1. The number of amides is 1. The number of carbonyl (C=O) groups excluding carboxylic acids is 1. The zero-order valence-corrected chi connectivity index (χ0v) is 17.7. The molecule has 0 radical (unpaired) electrons. The first-order valence-corrected chi connectivity index (χ1v) is 11.8. The number of piperidine rings is 1. The zero-order chi connectivity index (χ0) is 20.4. The molecule has 1 saturated heterocycles. The smallest absolute Gasteiger partial charge is 0.243 e. The number of pyridine rings is 1. The summed E-state index contributed by atoms with van der Waals surface area (Å²) in [6.45, 7) is 0.678. The highest BCUT2D eigenvalue weighted by Gasteiger charge is 2.32. The molecule has 1 aliphatic heterocycles. The Bertz CT molecular complexity index is 1000. The molecule has 2 aliphatic rings. The summed E-state index contributed by atoms with van der Waals surface area (Å²) in [5.74, 6) is 0.0802. The number of rotatable bonds is 4. The largest absolute Gasteiger partial charge is 0.310 e. The Kier molecular flexibility index (Phi) is 5.90. The second-order valence-corrected chi connectivity index (χ2v) is 10.0. The van der Waals surface area contributed by atoms with Gasteiger partial charge in [-0.1, -0.05) is 17.7 Å². The van der Waals surface area contributed by atoms with Gasteiger partial charge in [0, 0.05) is 25.2 Å². The number of nitrogens with one attached hydrogen (secondary N) is 1. The SMILES string of the molecule is O=C(Nc1ccc(Cl)cn1)C1CCN(S(=O)(=O)c2ccc3c(c2)CCCC3)CC1. The third-order valence-corrected chi connectivity index (χ3v) is 7.88. The molecule has 0 unspecified atom stereocenters. The second kappa shape index (κ2) is 8.42. The van der Waals surface area contributed by atoms with E-state index >= 15 is 0 Å². The van der Waals surface area contributed by atoms with Gasteiger partial charge in [-0.05, 0) is 73.9 Å². The van der Waals surface area contributed by atoms with Crippen molar-refractivity contribution in [2.75, 3.05) is 18.4 Å². The van der Waals surface area contributed by atoms with Crippen molar-refractivity contribution in [2.45, 2.75) is 43.4 Å². The molecule has 1 aliphatic carbocycles. The number of nitrogens with zero attached hydrogens (tertiary/aromatic N) is 2. The lowest BCUT2D eigenvalue weighted by Gasteiger charge is -2.30. The van der Waals surface area contributed by atoms with Crippen molar-refractivity contribution in [1.82, 2.24) is 9.29 Å². The normalized spacial score (nSPS) is 18.2. The summed E-state index contributed by atoms with van der Waals surface area (Å²) in [5, 5.41) is 3.29. The van der Waals surface area contributed by atoms with E-state index in [-0.39, 0.29) is 11.8 Å². The molecule has 0 spiro atoms. The number of benzene rings is 1. The first-order valence-electron chi connectivity index (χ1n) is 9.98. The van der Waals surface area contributed by atoms with Gasteiger partial charge in [0.2, 0.25) is 15.9 Å². The van der Waals surface area contributed by atoms with Crippen molar-refractivity contribution in [1.29, 1.82) is 0 Å². The van der Waals surface area contributed by atoms with Crippen LogP contribution in [0.4, 0.5) is 5.82 Å². The van der Waals surface area contributed by atoms with Crippen LogP contribution in [0.3, 0.4) is 0 Å². The number of aromatic nitrogens is 1. The number of hydrogen-bond acceptors (Lipinski definition) is 4. The van der Waals surface area contributed by atoms with Crippen LogP contribution in [0, 0.1) is 5.92 Å². The van der Waals surface area contributed by atoms with Gasteiger partial charge >= 0.3 is 0 Å². The van der Waals surface area contributed by atoms with Crippen LogP contribution in [0.25, 0.3) is 0 Å². The Morgan fingerprint density at radius 3 is 2.48 bits per heavy atom. The minimum atomic E-state index is -3.53. The lowest BCUT2D eigenvalue weighted by molar-refractivity contribution is -0.120. The summed E-state index contributed by atoms with van der Waals surface area (Å²) < 4.78 is 27.7. The Balaban J connectivity index is 1.39. The quantitative estimate of drug-likeness (QED) is 0.798. The van der Waals surface area contributed by atoms with Crippen LogP contribution in [-0.2, 0) is 27.7 Å². The molecule has 154 valence electrons. The number of sulfonamides is 1.